The third-order valence-corrected chi connectivity index (χ3v) is 6.42. The first kappa shape index (κ1) is 24.6. The molecule has 0 saturated carbocycles. The number of aliphatic hydroxyl groups excluding tert-OH is 1. The molecule has 4 rings (SSSR count). The molecular formula is C24H24ClN3O7. The number of ketones is 1. The van der Waals surface area contributed by atoms with Gasteiger partial charge in [-0.15, -0.1) is 0 Å². The highest BCUT2D eigenvalue weighted by Gasteiger charge is 2.46. The number of rotatable bonds is 7. The summed E-state index contributed by atoms with van der Waals surface area (Å²) < 4.78 is 10.5. The molecule has 35 heavy (non-hydrogen) atoms. The van der Waals surface area contributed by atoms with Crippen molar-refractivity contribution in [3.8, 4) is 5.75 Å². The largest absolute Gasteiger partial charge is 0.507 e. The van der Waals surface area contributed by atoms with Crippen LogP contribution in [0.1, 0.15) is 17.2 Å². The smallest absolute Gasteiger partial charge is 0.295 e. The number of likely N-dealkylation sites (tertiary alicyclic amines) is 1. The van der Waals surface area contributed by atoms with Crippen molar-refractivity contribution < 1.29 is 29.1 Å². The molecule has 0 bridgehead atoms. The van der Waals surface area contributed by atoms with Crippen molar-refractivity contribution in [3.05, 3.63) is 74.3 Å². The van der Waals surface area contributed by atoms with Crippen LogP contribution in [0.25, 0.3) is 5.76 Å². The molecule has 11 heteroatoms. The second kappa shape index (κ2) is 10.4. The molecule has 10 nitrogen and oxygen atoms in total. The summed E-state index contributed by atoms with van der Waals surface area (Å²) in [4.78, 5) is 40.6. The summed E-state index contributed by atoms with van der Waals surface area (Å²) >= 11 is 6.21. The Morgan fingerprint density at radius 1 is 1.20 bits per heavy atom. The number of amides is 1. The van der Waals surface area contributed by atoms with Gasteiger partial charge in [0.05, 0.1) is 41.9 Å². The van der Waals surface area contributed by atoms with Gasteiger partial charge in [-0.25, -0.2) is 0 Å². The summed E-state index contributed by atoms with van der Waals surface area (Å²) in [5, 5.41) is 22.8. The zero-order chi connectivity index (χ0) is 25.1. The lowest BCUT2D eigenvalue weighted by Gasteiger charge is -2.31. The number of aliphatic hydroxyl groups is 1. The average molecular weight is 502 g/mol. The van der Waals surface area contributed by atoms with Gasteiger partial charge in [0.25, 0.3) is 17.4 Å². The molecule has 2 aromatic carbocycles. The van der Waals surface area contributed by atoms with Crippen molar-refractivity contribution >= 4 is 34.7 Å². The number of morpholine rings is 1. The van der Waals surface area contributed by atoms with E-state index in [1.807, 2.05) is 0 Å². The third kappa shape index (κ3) is 5.00. The number of nitrogens with zero attached hydrogens (tertiary/aromatic N) is 3. The molecule has 2 aliphatic rings. The van der Waals surface area contributed by atoms with Crippen molar-refractivity contribution in [1.82, 2.24) is 9.80 Å². The number of benzene rings is 2. The highest BCUT2D eigenvalue weighted by molar-refractivity contribution is 6.46. The number of carbonyl (C=O) groups is 2. The van der Waals surface area contributed by atoms with E-state index >= 15 is 0 Å². The molecule has 2 heterocycles. The Hall–Kier alpha value is -3.47. The SMILES string of the molecule is COc1ccc(C(O)=C2C(=O)C(=O)N(CCN3CCOCC3)C2c2cccc([N+](=O)[O-])c2)cc1Cl. The maximum Gasteiger partial charge on any atom is 0.295 e. The van der Waals surface area contributed by atoms with Gasteiger partial charge in [0.2, 0.25) is 0 Å². The van der Waals surface area contributed by atoms with E-state index in [-0.39, 0.29) is 28.4 Å². The van der Waals surface area contributed by atoms with Crippen LogP contribution in [0.2, 0.25) is 5.02 Å². The molecule has 1 N–H and O–H groups in total. The van der Waals surface area contributed by atoms with Crippen LogP contribution in [-0.2, 0) is 14.3 Å². The molecule has 1 atom stereocenters. The number of nitro benzene ring substituents is 1. The number of Topliss-reactive ketones (excluding diaryl/α,β-unsaturated/α-hetero) is 1. The van der Waals surface area contributed by atoms with Crippen molar-refractivity contribution in [1.29, 1.82) is 0 Å². The van der Waals surface area contributed by atoms with Crippen LogP contribution in [0.15, 0.2) is 48.0 Å². The predicted molar refractivity (Wildman–Crippen MR) is 127 cm³/mol. The number of non-ortho nitro benzene ring substituents is 1. The van der Waals surface area contributed by atoms with Crippen molar-refractivity contribution in [2.24, 2.45) is 0 Å². The number of methoxy groups -OCH3 is 1. The molecule has 0 radical (unpaired) electrons. The lowest BCUT2D eigenvalue weighted by molar-refractivity contribution is -0.384. The van der Waals surface area contributed by atoms with Crippen LogP contribution in [0.3, 0.4) is 0 Å². The molecule has 2 aromatic rings. The molecular weight excluding hydrogens is 478 g/mol. The molecule has 0 spiro atoms. The molecule has 2 fully saturated rings. The Bertz CT molecular complexity index is 1190. The van der Waals surface area contributed by atoms with Gasteiger partial charge in [0.1, 0.15) is 11.5 Å². The average Bonchev–Trinajstić information content (AvgIpc) is 3.12. The summed E-state index contributed by atoms with van der Waals surface area (Å²) in [6.07, 6.45) is 0. The minimum Gasteiger partial charge on any atom is -0.507 e. The molecule has 2 aliphatic heterocycles. The van der Waals surface area contributed by atoms with E-state index in [1.165, 1.54) is 48.4 Å². The summed E-state index contributed by atoms with van der Waals surface area (Å²) in [6.45, 7) is 3.20. The highest BCUT2D eigenvalue weighted by Crippen LogP contribution is 2.41. The maximum absolute atomic E-state index is 13.2. The monoisotopic (exact) mass is 501 g/mol. The van der Waals surface area contributed by atoms with E-state index in [4.69, 9.17) is 21.1 Å². The van der Waals surface area contributed by atoms with E-state index in [0.717, 1.165) is 0 Å². The van der Waals surface area contributed by atoms with Crippen LogP contribution in [0, 0.1) is 10.1 Å². The summed E-state index contributed by atoms with van der Waals surface area (Å²) in [6, 6.07) is 9.21. The number of hydrogen-bond donors (Lipinski definition) is 1. The lowest BCUT2D eigenvalue weighted by Crippen LogP contribution is -2.42. The Kier molecular flexibility index (Phi) is 7.34. The molecule has 184 valence electrons. The molecule has 0 aliphatic carbocycles. The Balaban J connectivity index is 1.78. The minimum atomic E-state index is -1.00. The number of halogens is 1. The van der Waals surface area contributed by atoms with Crippen LogP contribution < -0.4 is 4.74 Å². The van der Waals surface area contributed by atoms with E-state index in [0.29, 0.717) is 44.2 Å². The summed E-state index contributed by atoms with van der Waals surface area (Å²) in [5.74, 6) is -1.69. The molecule has 1 unspecified atom stereocenters. The van der Waals surface area contributed by atoms with Crippen molar-refractivity contribution in [2.45, 2.75) is 6.04 Å². The lowest BCUT2D eigenvalue weighted by atomic mass is 9.95. The first-order valence-corrected chi connectivity index (χ1v) is 11.4. The van der Waals surface area contributed by atoms with Crippen molar-refractivity contribution in [3.63, 3.8) is 0 Å². The second-order valence-electron chi connectivity index (χ2n) is 8.15. The van der Waals surface area contributed by atoms with Crippen LogP contribution in [0.4, 0.5) is 5.69 Å². The molecule has 0 aromatic heterocycles. The van der Waals surface area contributed by atoms with Gasteiger partial charge in [-0.3, -0.25) is 24.6 Å². The Morgan fingerprint density at radius 3 is 2.60 bits per heavy atom. The zero-order valence-corrected chi connectivity index (χ0v) is 19.7. The van der Waals surface area contributed by atoms with Gasteiger partial charge in [-0.05, 0) is 23.8 Å². The minimum absolute atomic E-state index is 0.154. The van der Waals surface area contributed by atoms with Gasteiger partial charge in [-0.2, -0.15) is 0 Å². The summed E-state index contributed by atoms with van der Waals surface area (Å²) in [7, 11) is 1.45. The fourth-order valence-corrected chi connectivity index (χ4v) is 4.57. The van der Waals surface area contributed by atoms with Crippen LogP contribution in [0.5, 0.6) is 5.75 Å². The molecule has 1 amide bonds. The predicted octanol–water partition coefficient (Wildman–Crippen LogP) is 3.01. The fraction of sp³-hybridized carbons (Fsp3) is 0.333. The van der Waals surface area contributed by atoms with Crippen molar-refractivity contribution in [2.75, 3.05) is 46.5 Å². The number of hydrogen-bond acceptors (Lipinski definition) is 8. The van der Waals surface area contributed by atoms with Gasteiger partial charge in [-0.1, -0.05) is 23.7 Å². The highest BCUT2D eigenvalue weighted by atomic mass is 35.5. The van der Waals surface area contributed by atoms with E-state index in [2.05, 4.69) is 4.90 Å². The number of carbonyl (C=O) groups excluding carboxylic acids is 2. The van der Waals surface area contributed by atoms with Gasteiger partial charge < -0.3 is 19.5 Å². The first-order valence-electron chi connectivity index (χ1n) is 11.0. The van der Waals surface area contributed by atoms with Crippen LogP contribution in [-0.4, -0.2) is 78.0 Å². The van der Waals surface area contributed by atoms with Gasteiger partial charge in [0, 0.05) is 43.9 Å². The van der Waals surface area contributed by atoms with Crippen LogP contribution >= 0.6 is 11.6 Å². The van der Waals surface area contributed by atoms with E-state index in [9.17, 15) is 24.8 Å². The Labute approximate surface area is 206 Å². The van der Waals surface area contributed by atoms with Gasteiger partial charge >= 0.3 is 0 Å². The van der Waals surface area contributed by atoms with E-state index in [1.54, 1.807) is 6.07 Å². The number of nitro groups is 1. The first-order chi connectivity index (χ1) is 16.8. The standard InChI is InChI=1S/C24H24ClN3O7/c1-34-19-6-5-16(14-18(19)25)22(29)20-21(15-3-2-4-17(13-15)28(32)33)27(24(31)23(20)30)8-7-26-9-11-35-12-10-26/h2-6,13-14,21,29H,7-12H2,1H3. The number of ether oxygens (including phenoxy) is 2. The quantitative estimate of drug-likeness (QED) is 0.202. The third-order valence-electron chi connectivity index (χ3n) is 6.12. The fourth-order valence-electron chi connectivity index (χ4n) is 4.31. The second-order valence-corrected chi connectivity index (χ2v) is 8.56. The zero-order valence-electron chi connectivity index (χ0n) is 19.0. The Morgan fingerprint density at radius 2 is 1.94 bits per heavy atom. The topological polar surface area (TPSA) is 122 Å². The maximum atomic E-state index is 13.2. The van der Waals surface area contributed by atoms with Gasteiger partial charge in [0.15, 0.2) is 0 Å². The molecule has 2 saturated heterocycles. The van der Waals surface area contributed by atoms with E-state index < -0.39 is 28.4 Å². The normalized spacial score (nSPS) is 20.3. The summed E-state index contributed by atoms with van der Waals surface area (Å²) in [5.41, 5.74) is 0.228.